The maximum absolute atomic E-state index is 10.2. The van der Waals surface area contributed by atoms with Gasteiger partial charge in [-0.1, -0.05) is 50.0 Å². The Morgan fingerprint density at radius 2 is 1.19 bits per heavy atom. The van der Waals surface area contributed by atoms with Crippen LogP contribution in [-0.2, 0) is 0 Å². The molecule has 0 saturated heterocycles. The SMILES string of the molecule is C/C=C/CCCCCC(O)CN(CCO)CC(O)CCCCC/C=C/C. The Labute approximate surface area is 161 Å². The highest BCUT2D eigenvalue weighted by atomic mass is 16.3. The highest BCUT2D eigenvalue weighted by molar-refractivity contribution is 4.77. The summed E-state index contributed by atoms with van der Waals surface area (Å²) in [4.78, 5) is 2.00. The van der Waals surface area contributed by atoms with Gasteiger partial charge in [0.2, 0.25) is 0 Å². The molecule has 0 aromatic carbocycles. The Balaban J connectivity index is 3.90. The standard InChI is InChI=1S/C22H43NO3/c1-3-5-7-9-11-13-15-21(25)19-23(17-18-24)20-22(26)16-14-12-10-8-6-4-2/h3-6,21-22,24-26H,7-20H2,1-2H3/b5-3+,6-4+. The van der Waals surface area contributed by atoms with Crippen molar-refractivity contribution >= 4 is 0 Å². The van der Waals surface area contributed by atoms with Gasteiger partial charge in [0.05, 0.1) is 18.8 Å². The highest BCUT2D eigenvalue weighted by Crippen LogP contribution is 2.10. The second-order valence-corrected chi connectivity index (χ2v) is 7.20. The molecular formula is C22H43NO3. The molecule has 0 aliphatic carbocycles. The van der Waals surface area contributed by atoms with E-state index in [4.69, 9.17) is 0 Å². The third kappa shape index (κ3) is 16.8. The van der Waals surface area contributed by atoms with Crippen molar-refractivity contribution in [1.29, 1.82) is 0 Å². The molecule has 0 saturated carbocycles. The molecular weight excluding hydrogens is 326 g/mol. The maximum Gasteiger partial charge on any atom is 0.0667 e. The van der Waals surface area contributed by atoms with Gasteiger partial charge in [-0.05, 0) is 52.4 Å². The molecule has 0 aromatic rings. The fraction of sp³-hybridized carbons (Fsp3) is 0.818. The Hall–Kier alpha value is -0.680. The number of nitrogens with zero attached hydrogens (tertiary/aromatic N) is 1. The van der Waals surface area contributed by atoms with Gasteiger partial charge >= 0.3 is 0 Å². The molecule has 0 bridgehead atoms. The second-order valence-electron chi connectivity index (χ2n) is 7.20. The average Bonchev–Trinajstić information content (AvgIpc) is 2.61. The van der Waals surface area contributed by atoms with Crippen LogP contribution >= 0.6 is 0 Å². The van der Waals surface area contributed by atoms with Crippen LogP contribution < -0.4 is 0 Å². The van der Waals surface area contributed by atoms with Crippen molar-refractivity contribution in [3.05, 3.63) is 24.3 Å². The zero-order valence-corrected chi connectivity index (χ0v) is 17.2. The molecule has 0 radical (unpaired) electrons. The summed E-state index contributed by atoms with van der Waals surface area (Å²) >= 11 is 0. The predicted octanol–water partition coefficient (Wildman–Crippen LogP) is 4.06. The van der Waals surface area contributed by atoms with Crippen LogP contribution in [-0.4, -0.2) is 58.7 Å². The Morgan fingerprint density at radius 3 is 1.58 bits per heavy atom. The Morgan fingerprint density at radius 1 is 0.731 bits per heavy atom. The average molecular weight is 370 g/mol. The zero-order chi connectivity index (χ0) is 19.5. The van der Waals surface area contributed by atoms with Crippen molar-refractivity contribution in [3.8, 4) is 0 Å². The van der Waals surface area contributed by atoms with Crippen LogP contribution in [0.1, 0.15) is 78.1 Å². The molecule has 154 valence electrons. The van der Waals surface area contributed by atoms with Crippen LogP contribution in [0.15, 0.2) is 24.3 Å². The van der Waals surface area contributed by atoms with Crippen LogP contribution in [0.4, 0.5) is 0 Å². The summed E-state index contributed by atoms with van der Waals surface area (Å²) in [6.45, 7) is 5.72. The van der Waals surface area contributed by atoms with Gasteiger partial charge in [0.1, 0.15) is 0 Å². The van der Waals surface area contributed by atoms with Crippen molar-refractivity contribution in [1.82, 2.24) is 4.90 Å². The monoisotopic (exact) mass is 369 g/mol. The quantitative estimate of drug-likeness (QED) is 0.252. The molecule has 4 nitrogen and oxygen atoms in total. The molecule has 0 aliphatic rings. The van der Waals surface area contributed by atoms with Gasteiger partial charge in [-0.25, -0.2) is 0 Å². The van der Waals surface area contributed by atoms with Gasteiger partial charge in [-0.15, -0.1) is 0 Å². The highest BCUT2D eigenvalue weighted by Gasteiger charge is 2.15. The number of unbranched alkanes of at least 4 members (excludes halogenated alkanes) is 6. The molecule has 0 amide bonds. The van der Waals surface area contributed by atoms with Gasteiger partial charge in [-0.2, -0.15) is 0 Å². The Bertz CT molecular complexity index is 314. The molecule has 26 heavy (non-hydrogen) atoms. The largest absolute Gasteiger partial charge is 0.395 e. The lowest BCUT2D eigenvalue weighted by molar-refractivity contribution is 0.0519. The smallest absolute Gasteiger partial charge is 0.0667 e. The van der Waals surface area contributed by atoms with Crippen molar-refractivity contribution in [2.24, 2.45) is 0 Å². The normalized spacial score (nSPS) is 14.7. The summed E-state index contributed by atoms with van der Waals surface area (Å²) in [5.74, 6) is 0. The third-order valence-corrected chi connectivity index (χ3v) is 4.64. The number of allylic oxidation sites excluding steroid dienone is 4. The van der Waals surface area contributed by atoms with E-state index in [1.165, 1.54) is 12.8 Å². The minimum Gasteiger partial charge on any atom is -0.395 e. The second kappa shape index (κ2) is 19.1. The number of hydrogen-bond acceptors (Lipinski definition) is 4. The lowest BCUT2D eigenvalue weighted by Crippen LogP contribution is -2.39. The van der Waals surface area contributed by atoms with Crippen molar-refractivity contribution in [2.45, 2.75) is 90.3 Å². The van der Waals surface area contributed by atoms with Crippen LogP contribution in [0.3, 0.4) is 0 Å². The molecule has 2 atom stereocenters. The Kier molecular flexibility index (Phi) is 18.6. The zero-order valence-electron chi connectivity index (χ0n) is 17.2. The van der Waals surface area contributed by atoms with Gasteiger partial charge in [0.15, 0.2) is 0 Å². The van der Waals surface area contributed by atoms with E-state index >= 15 is 0 Å². The number of hydrogen-bond donors (Lipinski definition) is 3. The van der Waals surface area contributed by atoms with E-state index in [1.54, 1.807) is 0 Å². The number of rotatable bonds is 18. The summed E-state index contributed by atoms with van der Waals surface area (Å²) in [6, 6.07) is 0. The maximum atomic E-state index is 10.2. The van der Waals surface area contributed by atoms with E-state index in [9.17, 15) is 15.3 Å². The molecule has 0 spiro atoms. The van der Waals surface area contributed by atoms with Crippen LogP contribution in [0.5, 0.6) is 0 Å². The fourth-order valence-electron chi connectivity index (χ4n) is 3.15. The summed E-state index contributed by atoms with van der Waals surface area (Å²) in [6.07, 6.45) is 18.2. The topological polar surface area (TPSA) is 63.9 Å². The summed E-state index contributed by atoms with van der Waals surface area (Å²) in [5.41, 5.74) is 0. The lowest BCUT2D eigenvalue weighted by atomic mass is 10.1. The molecule has 0 aliphatic heterocycles. The van der Waals surface area contributed by atoms with Gasteiger partial charge in [0, 0.05) is 19.6 Å². The first kappa shape index (κ1) is 25.3. The van der Waals surface area contributed by atoms with E-state index in [-0.39, 0.29) is 18.8 Å². The van der Waals surface area contributed by atoms with Crippen molar-refractivity contribution in [3.63, 3.8) is 0 Å². The van der Waals surface area contributed by atoms with Crippen molar-refractivity contribution in [2.75, 3.05) is 26.2 Å². The summed E-state index contributed by atoms with van der Waals surface area (Å²) in [5, 5.41) is 29.7. The van der Waals surface area contributed by atoms with Crippen LogP contribution in [0, 0.1) is 0 Å². The summed E-state index contributed by atoms with van der Waals surface area (Å²) < 4.78 is 0. The van der Waals surface area contributed by atoms with E-state index in [1.807, 2.05) is 18.7 Å². The number of aliphatic hydroxyl groups is 3. The molecule has 4 heteroatoms. The van der Waals surface area contributed by atoms with E-state index in [0.717, 1.165) is 51.4 Å². The lowest BCUT2D eigenvalue weighted by Gasteiger charge is -2.26. The minimum atomic E-state index is -0.378. The first-order valence-corrected chi connectivity index (χ1v) is 10.6. The molecule has 0 heterocycles. The van der Waals surface area contributed by atoms with E-state index < -0.39 is 0 Å². The van der Waals surface area contributed by atoms with E-state index in [0.29, 0.717) is 19.6 Å². The molecule has 3 N–H and O–H groups in total. The fourth-order valence-corrected chi connectivity index (χ4v) is 3.15. The van der Waals surface area contributed by atoms with Crippen LogP contribution in [0.2, 0.25) is 0 Å². The van der Waals surface area contributed by atoms with Gasteiger partial charge in [-0.3, -0.25) is 4.90 Å². The van der Waals surface area contributed by atoms with Crippen LogP contribution in [0.25, 0.3) is 0 Å². The first-order valence-electron chi connectivity index (χ1n) is 10.6. The van der Waals surface area contributed by atoms with Gasteiger partial charge in [0.25, 0.3) is 0 Å². The van der Waals surface area contributed by atoms with Gasteiger partial charge < -0.3 is 15.3 Å². The third-order valence-electron chi connectivity index (χ3n) is 4.64. The first-order chi connectivity index (χ1) is 12.6. The summed E-state index contributed by atoms with van der Waals surface area (Å²) in [7, 11) is 0. The molecule has 0 rings (SSSR count). The molecule has 0 fully saturated rings. The van der Waals surface area contributed by atoms with E-state index in [2.05, 4.69) is 24.3 Å². The predicted molar refractivity (Wildman–Crippen MR) is 111 cm³/mol. The molecule has 2 unspecified atom stereocenters. The number of aliphatic hydroxyl groups excluding tert-OH is 3. The minimum absolute atomic E-state index is 0.0617. The molecule has 0 aromatic heterocycles. The van der Waals surface area contributed by atoms with Crippen molar-refractivity contribution < 1.29 is 15.3 Å².